The SMILES string of the molecule is C=N/C=C\C=C(/C)c1cc2cc(NC(=O)CN3CCOCC3)ncc2cc1F. The molecule has 2 heterocycles. The maximum Gasteiger partial charge on any atom is 0.239 e. The number of hydrogen-bond acceptors (Lipinski definition) is 5. The summed E-state index contributed by atoms with van der Waals surface area (Å²) in [5, 5.41) is 4.28. The zero-order valence-corrected chi connectivity index (χ0v) is 15.8. The molecule has 6 nitrogen and oxygen atoms in total. The largest absolute Gasteiger partial charge is 0.379 e. The molecule has 0 radical (unpaired) electrons. The van der Waals surface area contributed by atoms with E-state index < -0.39 is 0 Å². The predicted octanol–water partition coefficient (Wildman–Crippen LogP) is 3.26. The first-order valence-corrected chi connectivity index (χ1v) is 9.05. The zero-order valence-electron chi connectivity index (χ0n) is 15.8. The minimum absolute atomic E-state index is 0.130. The molecule has 1 amide bonds. The standard InChI is InChI=1S/C21H23FN4O2/c1-15(4-3-5-23-2)18-10-16-12-20(24-13-17(16)11-19(18)22)25-21(27)14-26-6-8-28-9-7-26/h3-5,10-13H,2,6-9,14H2,1H3,(H,24,25,27)/b5-3-,15-4+. The van der Waals surface area contributed by atoms with Gasteiger partial charge in [0.05, 0.1) is 19.8 Å². The number of nitrogens with zero attached hydrogens (tertiary/aromatic N) is 3. The van der Waals surface area contributed by atoms with Crippen molar-refractivity contribution in [2.45, 2.75) is 6.92 Å². The number of carbonyl (C=O) groups is 1. The van der Waals surface area contributed by atoms with Crippen molar-refractivity contribution < 1.29 is 13.9 Å². The predicted molar refractivity (Wildman–Crippen MR) is 110 cm³/mol. The number of hydrogen-bond donors (Lipinski definition) is 1. The van der Waals surface area contributed by atoms with Gasteiger partial charge in [0.15, 0.2) is 0 Å². The second-order valence-corrected chi connectivity index (χ2v) is 6.56. The van der Waals surface area contributed by atoms with Gasteiger partial charge >= 0.3 is 0 Å². The number of aliphatic imine (C=N–C) groups is 1. The summed E-state index contributed by atoms with van der Waals surface area (Å²) in [5.41, 5.74) is 1.24. The molecule has 1 aliphatic heterocycles. The number of pyridine rings is 1. The van der Waals surface area contributed by atoms with Crippen LogP contribution in [0.1, 0.15) is 12.5 Å². The number of nitrogens with one attached hydrogen (secondary N) is 1. The van der Waals surface area contributed by atoms with Gasteiger partial charge < -0.3 is 10.1 Å². The lowest BCUT2D eigenvalue weighted by Gasteiger charge is -2.25. The van der Waals surface area contributed by atoms with E-state index in [2.05, 4.69) is 22.0 Å². The van der Waals surface area contributed by atoms with Gasteiger partial charge in [0.2, 0.25) is 5.91 Å². The molecule has 2 aromatic rings. The molecule has 1 N–H and O–H groups in total. The van der Waals surface area contributed by atoms with Crippen LogP contribution in [0.2, 0.25) is 0 Å². The summed E-state index contributed by atoms with van der Waals surface area (Å²) in [7, 11) is 0. The van der Waals surface area contributed by atoms with Gasteiger partial charge in [0.1, 0.15) is 11.6 Å². The molecule has 1 saturated heterocycles. The molecule has 0 spiro atoms. The number of amides is 1. The van der Waals surface area contributed by atoms with Crippen LogP contribution in [0.15, 0.2) is 47.7 Å². The third-order valence-corrected chi connectivity index (χ3v) is 4.51. The zero-order chi connectivity index (χ0) is 19.9. The molecule has 28 heavy (non-hydrogen) atoms. The molecule has 0 aliphatic carbocycles. The minimum Gasteiger partial charge on any atom is -0.379 e. The third kappa shape index (κ3) is 5.09. The quantitative estimate of drug-likeness (QED) is 0.615. The molecule has 1 aromatic heterocycles. The van der Waals surface area contributed by atoms with Gasteiger partial charge in [-0.3, -0.25) is 14.7 Å². The van der Waals surface area contributed by atoms with Crippen molar-refractivity contribution in [3.05, 3.63) is 54.1 Å². The molecule has 146 valence electrons. The van der Waals surface area contributed by atoms with Crippen molar-refractivity contribution in [1.29, 1.82) is 0 Å². The molecule has 0 unspecified atom stereocenters. The number of rotatable bonds is 6. The van der Waals surface area contributed by atoms with E-state index in [0.717, 1.165) is 24.0 Å². The molecule has 0 bridgehead atoms. The monoisotopic (exact) mass is 382 g/mol. The summed E-state index contributed by atoms with van der Waals surface area (Å²) in [6.07, 6.45) is 6.57. The van der Waals surface area contributed by atoms with Gasteiger partial charge in [-0.2, -0.15) is 0 Å². The number of carbonyl (C=O) groups excluding carboxylic acids is 1. The number of benzene rings is 1. The summed E-state index contributed by atoms with van der Waals surface area (Å²) in [6.45, 7) is 8.24. The first kappa shape index (κ1) is 19.9. The summed E-state index contributed by atoms with van der Waals surface area (Å²) < 4.78 is 19.7. The molecular formula is C21H23FN4O2. The van der Waals surface area contributed by atoms with E-state index in [1.165, 1.54) is 12.3 Å². The molecule has 1 aliphatic rings. The Bertz CT molecular complexity index is 933. The summed E-state index contributed by atoms with van der Waals surface area (Å²) >= 11 is 0. The lowest BCUT2D eigenvalue weighted by atomic mass is 10.0. The molecule has 1 aromatic carbocycles. The molecule has 0 saturated carbocycles. The number of ether oxygens (including phenoxy) is 1. The number of aromatic nitrogens is 1. The van der Waals surface area contributed by atoms with Crippen LogP contribution in [-0.4, -0.2) is 55.4 Å². The summed E-state index contributed by atoms with van der Waals surface area (Å²) in [5.74, 6) is -0.0120. The Morgan fingerprint density at radius 3 is 2.89 bits per heavy atom. The fourth-order valence-electron chi connectivity index (χ4n) is 3.02. The number of halogens is 1. The van der Waals surface area contributed by atoms with E-state index >= 15 is 0 Å². The van der Waals surface area contributed by atoms with Gasteiger partial charge in [-0.1, -0.05) is 6.08 Å². The highest BCUT2D eigenvalue weighted by Crippen LogP contribution is 2.25. The van der Waals surface area contributed by atoms with Crippen LogP contribution >= 0.6 is 0 Å². The van der Waals surface area contributed by atoms with Crippen LogP contribution in [0.25, 0.3) is 16.3 Å². The van der Waals surface area contributed by atoms with Crippen molar-refractivity contribution in [3.63, 3.8) is 0 Å². The van der Waals surface area contributed by atoms with Crippen molar-refractivity contribution >= 4 is 34.8 Å². The van der Waals surface area contributed by atoms with Crippen LogP contribution in [-0.2, 0) is 9.53 Å². The highest BCUT2D eigenvalue weighted by atomic mass is 19.1. The topological polar surface area (TPSA) is 66.8 Å². The number of morpholine rings is 1. The van der Waals surface area contributed by atoms with Crippen molar-refractivity contribution in [1.82, 2.24) is 9.88 Å². The Balaban J connectivity index is 1.78. The van der Waals surface area contributed by atoms with E-state index in [9.17, 15) is 9.18 Å². The van der Waals surface area contributed by atoms with E-state index in [-0.39, 0.29) is 11.7 Å². The van der Waals surface area contributed by atoms with Crippen LogP contribution in [0, 0.1) is 5.82 Å². The second-order valence-electron chi connectivity index (χ2n) is 6.56. The van der Waals surface area contributed by atoms with Crippen molar-refractivity contribution in [3.8, 4) is 0 Å². The van der Waals surface area contributed by atoms with Crippen LogP contribution in [0.5, 0.6) is 0 Å². The fourth-order valence-corrected chi connectivity index (χ4v) is 3.02. The maximum absolute atomic E-state index is 14.4. The smallest absolute Gasteiger partial charge is 0.239 e. The normalized spacial score (nSPS) is 15.9. The minimum atomic E-state index is -0.327. The second kappa shape index (κ2) is 9.34. The fraction of sp³-hybridized carbons (Fsp3) is 0.286. The molecular weight excluding hydrogens is 359 g/mol. The van der Waals surface area contributed by atoms with Gasteiger partial charge in [0, 0.05) is 36.4 Å². The summed E-state index contributed by atoms with van der Waals surface area (Å²) in [6, 6.07) is 4.96. The van der Waals surface area contributed by atoms with Crippen molar-refractivity contribution in [2.75, 3.05) is 38.2 Å². The van der Waals surface area contributed by atoms with Crippen LogP contribution < -0.4 is 5.32 Å². The number of fused-ring (bicyclic) bond motifs is 1. The number of allylic oxidation sites excluding steroid dienone is 3. The average Bonchev–Trinajstić information content (AvgIpc) is 2.68. The molecule has 7 heteroatoms. The van der Waals surface area contributed by atoms with E-state index in [4.69, 9.17) is 4.74 Å². The van der Waals surface area contributed by atoms with Gasteiger partial charge in [0.25, 0.3) is 0 Å². The van der Waals surface area contributed by atoms with E-state index in [1.807, 2.05) is 11.8 Å². The Kier molecular flexibility index (Phi) is 6.62. The van der Waals surface area contributed by atoms with Gasteiger partial charge in [-0.15, -0.1) is 0 Å². The third-order valence-electron chi connectivity index (χ3n) is 4.51. The lowest BCUT2D eigenvalue weighted by Crippen LogP contribution is -2.41. The number of anilines is 1. The Hall–Kier alpha value is -2.90. The maximum atomic E-state index is 14.4. The highest BCUT2D eigenvalue weighted by molar-refractivity contribution is 5.94. The van der Waals surface area contributed by atoms with Crippen LogP contribution in [0.3, 0.4) is 0 Å². The molecule has 1 fully saturated rings. The highest BCUT2D eigenvalue weighted by Gasteiger charge is 2.15. The first-order valence-electron chi connectivity index (χ1n) is 9.05. The van der Waals surface area contributed by atoms with E-state index in [1.54, 1.807) is 30.5 Å². The van der Waals surface area contributed by atoms with Gasteiger partial charge in [-0.25, -0.2) is 9.37 Å². The Morgan fingerprint density at radius 1 is 1.36 bits per heavy atom. The van der Waals surface area contributed by atoms with Crippen LogP contribution in [0.4, 0.5) is 10.2 Å². The Morgan fingerprint density at radius 2 is 2.14 bits per heavy atom. The van der Waals surface area contributed by atoms with Gasteiger partial charge in [-0.05, 0) is 48.9 Å². The molecule has 3 rings (SSSR count). The lowest BCUT2D eigenvalue weighted by molar-refractivity contribution is -0.118. The van der Waals surface area contributed by atoms with Crippen molar-refractivity contribution in [2.24, 2.45) is 4.99 Å². The first-order chi connectivity index (χ1) is 13.6. The summed E-state index contributed by atoms with van der Waals surface area (Å²) in [4.78, 5) is 22.2. The van der Waals surface area contributed by atoms with E-state index in [0.29, 0.717) is 36.5 Å². The average molecular weight is 382 g/mol. The Labute approximate surface area is 163 Å². The molecule has 0 atom stereocenters.